The van der Waals surface area contributed by atoms with Crippen molar-refractivity contribution in [3.05, 3.63) is 99.9 Å². The van der Waals surface area contributed by atoms with Gasteiger partial charge in [-0.25, -0.2) is 0 Å². The summed E-state index contributed by atoms with van der Waals surface area (Å²) in [5.41, 5.74) is 18.3. The molecule has 0 fully saturated rings. The molecule has 0 saturated heterocycles. The van der Waals surface area contributed by atoms with E-state index in [4.69, 9.17) is 4.98 Å². The standard InChI is InChI=1S/C41H47BN2/c1-24-19-33-35-36(43-24)41(10,11)25-15-12-13-17-29(25)42(35)30-20-27-28(39(6,7)22-38(27,4)5)21-32(30)44(33)31-18-14-16-26-34(31)40(8,9)23-37(26,2)3/h12-21H,22-23H2,1-11H3. The average Bonchev–Trinajstić information content (AvgIpc) is 3.24. The van der Waals surface area contributed by atoms with E-state index in [0.717, 1.165) is 18.5 Å². The molecule has 2 aliphatic carbocycles. The second-order valence-electron chi connectivity index (χ2n) is 17.6. The Labute approximate surface area is 265 Å². The lowest BCUT2D eigenvalue weighted by atomic mass is 9.30. The zero-order valence-electron chi connectivity index (χ0n) is 28.7. The van der Waals surface area contributed by atoms with Gasteiger partial charge in [0.25, 0.3) is 0 Å². The van der Waals surface area contributed by atoms with Gasteiger partial charge in [0.15, 0.2) is 0 Å². The molecule has 8 rings (SSSR count). The first kappa shape index (κ1) is 28.2. The van der Waals surface area contributed by atoms with Gasteiger partial charge in [-0.15, -0.1) is 0 Å². The van der Waals surface area contributed by atoms with Crippen LogP contribution in [-0.4, -0.2) is 11.7 Å². The van der Waals surface area contributed by atoms with Crippen LogP contribution in [0.3, 0.4) is 0 Å². The van der Waals surface area contributed by atoms with Crippen LogP contribution < -0.4 is 21.3 Å². The number of fused-ring (bicyclic) bond motifs is 6. The average molecular weight is 579 g/mol. The molecular weight excluding hydrogens is 531 g/mol. The minimum atomic E-state index is -0.190. The summed E-state index contributed by atoms with van der Waals surface area (Å²) in [5.74, 6) is 0. The van der Waals surface area contributed by atoms with Crippen LogP contribution in [0.4, 0.5) is 17.1 Å². The van der Waals surface area contributed by atoms with Crippen LogP contribution in [-0.2, 0) is 27.1 Å². The minimum absolute atomic E-state index is 0.0679. The van der Waals surface area contributed by atoms with Crippen LogP contribution in [0.1, 0.15) is 121 Å². The summed E-state index contributed by atoms with van der Waals surface area (Å²) in [6.07, 6.45) is 2.31. The second-order valence-corrected chi connectivity index (χ2v) is 17.6. The summed E-state index contributed by atoms with van der Waals surface area (Å²) in [4.78, 5) is 8.05. The Balaban J connectivity index is 1.54. The van der Waals surface area contributed by atoms with Gasteiger partial charge in [0.2, 0.25) is 6.71 Å². The third-order valence-electron chi connectivity index (χ3n) is 11.9. The lowest BCUT2D eigenvalue weighted by Crippen LogP contribution is -2.64. The smallest absolute Gasteiger partial charge is 0.249 e. The van der Waals surface area contributed by atoms with Crippen molar-refractivity contribution in [3.8, 4) is 0 Å². The molecule has 3 aromatic carbocycles. The molecular formula is C41H47BN2. The lowest BCUT2D eigenvalue weighted by Gasteiger charge is -2.46. The molecule has 0 radical (unpaired) electrons. The van der Waals surface area contributed by atoms with Crippen LogP contribution in [0.2, 0.25) is 0 Å². The molecule has 3 heteroatoms. The van der Waals surface area contributed by atoms with Crippen molar-refractivity contribution in [1.82, 2.24) is 4.98 Å². The first-order valence-electron chi connectivity index (χ1n) is 16.7. The lowest BCUT2D eigenvalue weighted by molar-refractivity contribution is 0.402. The highest BCUT2D eigenvalue weighted by atomic mass is 15.2. The molecule has 44 heavy (non-hydrogen) atoms. The van der Waals surface area contributed by atoms with Crippen molar-refractivity contribution in [1.29, 1.82) is 0 Å². The molecule has 0 bridgehead atoms. The number of hydrogen-bond donors (Lipinski definition) is 0. The summed E-state index contributed by atoms with van der Waals surface area (Å²) in [6.45, 7) is 26.7. The van der Waals surface area contributed by atoms with Crippen molar-refractivity contribution < 1.29 is 0 Å². The first-order valence-corrected chi connectivity index (χ1v) is 16.7. The fourth-order valence-corrected chi connectivity index (χ4v) is 10.7. The van der Waals surface area contributed by atoms with Crippen LogP contribution in [0.25, 0.3) is 0 Å². The van der Waals surface area contributed by atoms with Gasteiger partial charge in [-0.1, -0.05) is 117 Å². The van der Waals surface area contributed by atoms with Gasteiger partial charge in [0, 0.05) is 28.2 Å². The minimum Gasteiger partial charge on any atom is -0.311 e. The monoisotopic (exact) mass is 578 g/mol. The molecule has 4 aliphatic rings. The number of anilines is 3. The van der Waals surface area contributed by atoms with E-state index in [2.05, 4.69) is 142 Å². The van der Waals surface area contributed by atoms with Crippen molar-refractivity contribution >= 4 is 40.2 Å². The van der Waals surface area contributed by atoms with Crippen molar-refractivity contribution in [2.24, 2.45) is 0 Å². The predicted molar refractivity (Wildman–Crippen MR) is 188 cm³/mol. The van der Waals surface area contributed by atoms with E-state index in [-0.39, 0.29) is 33.8 Å². The van der Waals surface area contributed by atoms with Gasteiger partial charge >= 0.3 is 0 Å². The Hall–Kier alpha value is -3.33. The molecule has 2 aliphatic heterocycles. The molecule has 224 valence electrons. The largest absolute Gasteiger partial charge is 0.311 e. The summed E-state index contributed by atoms with van der Waals surface area (Å²) < 4.78 is 0. The van der Waals surface area contributed by atoms with Gasteiger partial charge in [-0.3, -0.25) is 4.98 Å². The molecule has 2 nitrogen and oxygen atoms in total. The maximum Gasteiger partial charge on any atom is 0.249 e. The van der Waals surface area contributed by atoms with Gasteiger partial charge in [-0.2, -0.15) is 0 Å². The number of nitrogens with zero attached hydrogens (tertiary/aromatic N) is 2. The zero-order chi connectivity index (χ0) is 31.4. The Morgan fingerprint density at radius 2 is 1.20 bits per heavy atom. The van der Waals surface area contributed by atoms with Gasteiger partial charge in [0.1, 0.15) is 0 Å². The van der Waals surface area contributed by atoms with Crippen LogP contribution in [0.15, 0.2) is 60.7 Å². The third-order valence-corrected chi connectivity index (χ3v) is 11.9. The SMILES string of the molecule is Cc1cc2c3c(n1)C(C)(C)c1ccccc1B3c1cc3c(cc1N2c1cccc2c1C(C)(C)CC2(C)C)C(C)(C)CC3(C)C. The molecule has 0 spiro atoms. The first-order chi connectivity index (χ1) is 20.5. The van der Waals surface area contributed by atoms with Gasteiger partial charge < -0.3 is 4.90 Å². The highest BCUT2D eigenvalue weighted by Gasteiger charge is 2.51. The molecule has 0 unspecified atom stereocenters. The highest BCUT2D eigenvalue weighted by Crippen LogP contribution is 2.56. The maximum absolute atomic E-state index is 5.38. The Kier molecular flexibility index (Phi) is 5.30. The van der Waals surface area contributed by atoms with Crippen LogP contribution in [0, 0.1) is 6.92 Å². The third kappa shape index (κ3) is 3.48. The Morgan fingerprint density at radius 1 is 0.591 bits per heavy atom. The van der Waals surface area contributed by atoms with E-state index >= 15 is 0 Å². The summed E-state index contributed by atoms with van der Waals surface area (Å²) in [6, 6.07) is 23.9. The molecule has 0 N–H and O–H groups in total. The topological polar surface area (TPSA) is 16.1 Å². The fraction of sp³-hybridized carbons (Fsp3) is 0.439. The molecule has 1 aromatic heterocycles. The number of pyridine rings is 1. The molecule has 3 heterocycles. The summed E-state index contributed by atoms with van der Waals surface area (Å²) in [5, 5.41) is 0. The quantitative estimate of drug-likeness (QED) is 0.186. The molecule has 0 amide bonds. The maximum atomic E-state index is 5.38. The van der Waals surface area contributed by atoms with E-state index in [1.807, 2.05) is 0 Å². The van der Waals surface area contributed by atoms with Crippen molar-refractivity contribution in [3.63, 3.8) is 0 Å². The highest BCUT2D eigenvalue weighted by molar-refractivity contribution is 6.99. The molecule has 0 atom stereocenters. The van der Waals surface area contributed by atoms with Gasteiger partial charge in [-0.05, 0) is 98.4 Å². The van der Waals surface area contributed by atoms with Crippen LogP contribution >= 0.6 is 0 Å². The Bertz CT molecular complexity index is 1920. The molecule has 0 saturated carbocycles. The number of hydrogen-bond acceptors (Lipinski definition) is 2. The van der Waals surface area contributed by atoms with E-state index in [1.54, 1.807) is 0 Å². The number of aromatic nitrogens is 1. The van der Waals surface area contributed by atoms with Crippen LogP contribution in [0.5, 0.6) is 0 Å². The number of aryl methyl sites for hydroxylation is 1. The molecule has 4 aromatic rings. The normalized spacial score (nSPS) is 21.7. The van der Waals surface area contributed by atoms with E-state index in [0.29, 0.717) is 0 Å². The van der Waals surface area contributed by atoms with E-state index in [9.17, 15) is 0 Å². The second kappa shape index (κ2) is 8.28. The summed E-state index contributed by atoms with van der Waals surface area (Å²) in [7, 11) is 0. The van der Waals surface area contributed by atoms with Crippen molar-refractivity contribution in [2.75, 3.05) is 4.90 Å². The van der Waals surface area contributed by atoms with E-state index in [1.165, 1.54) is 67.0 Å². The van der Waals surface area contributed by atoms with Gasteiger partial charge in [0.05, 0.1) is 5.69 Å². The van der Waals surface area contributed by atoms with Crippen molar-refractivity contribution in [2.45, 2.75) is 116 Å². The zero-order valence-corrected chi connectivity index (χ0v) is 28.7. The predicted octanol–water partition coefficient (Wildman–Crippen LogP) is 8.25. The Morgan fingerprint density at radius 3 is 1.93 bits per heavy atom. The summed E-state index contributed by atoms with van der Waals surface area (Å²) >= 11 is 0. The number of benzene rings is 3. The fourth-order valence-electron chi connectivity index (χ4n) is 10.7. The van der Waals surface area contributed by atoms with E-state index < -0.39 is 0 Å². The number of rotatable bonds is 1.